The van der Waals surface area contributed by atoms with Crippen LogP contribution < -0.4 is 4.72 Å². The number of carbonyl (C=O) groups is 1. The number of nitrogens with zero attached hydrogens (tertiary/aromatic N) is 2. The van der Waals surface area contributed by atoms with Gasteiger partial charge >= 0.3 is 0 Å². The van der Waals surface area contributed by atoms with E-state index in [9.17, 15) is 21.6 Å². The Morgan fingerprint density at radius 3 is 1.94 bits per heavy atom. The molecular weight excluding hydrogens is 450 g/mol. The molecular formula is C22H29N3O5S2. The Bertz CT molecular complexity index is 1110. The van der Waals surface area contributed by atoms with Crippen LogP contribution in [0, 0.1) is 5.92 Å². The zero-order valence-corrected chi connectivity index (χ0v) is 19.8. The summed E-state index contributed by atoms with van der Waals surface area (Å²) in [5, 5.41) is 0. The van der Waals surface area contributed by atoms with E-state index in [2.05, 4.69) is 4.72 Å². The van der Waals surface area contributed by atoms with Gasteiger partial charge in [0, 0.05) is 26.2 Å². The Hall–Kier alpha value is -2.27. The standard InChI is InChI=1S/C22H29N3O5S2/c1-18(2)21(23-32(29,30)20-11-7-4-8-12-20)22(26)24-13-15-25(16-14-24)31(27,28)17-19-9-5-3-6-10-19/h3-12,18,21,23H,13-17H2,1-2H3/t21-/m0/s1. The number of piperazine rings is 1. The van der Waals surface area contributed by atoms with Crippen LogP contribution >= 0.6 is 0 Å². The van der Waals surface area contributed by atoms with Gasteiger partial charge < -0.3 is 4.90 Å². The van der Waals surface area contributed by atoms with Gasteiger partial charge in [-0.15, -0.1) is 0 Å². The Balaban J connectivity index is 1.65. The summed E-state index contributed by atoms with van der Waals surface area (Å²) in [5.74, 6) is -0.715. The molecule has 174 valence electrons. The third kappa shape index (κ3) is 5.94. The smallest absolute Gasteiger partial charge is 0.241 e. The van der Waals surface area contributed by atoms with E-state index in [-0.39, 0.29) is 48.7 Å². The molecule has 0 bridgehead atoms. The molecule has 0 unspecified atom stereocenters. The van der Waals surface area contributed by atoms with Crippen LogP contribution in [0.5, 0.6) is 0 Å². The fourth-order valence-corrected chi connectivity index (χ4v) is 6.44. The highest BCUT2D eigenvalue weighted by Crippen LogP contribution is 2.17. The van der Waals surface area contributed by atoms with Gasteiger partial charge in [-0.05, 0) is 23.6 Å². The molecule has 1 aliphatic rings. The molecule has 2 aromatic carbocycles. The fraction of sp³-hybridized carbons (Fsp3) is 0.409. The quantitative estimate of drug-likeness (QED) is 0.620. The predicted octanol–water partition coefficient (Wildman–Crippen LogP) is 1.66. The molecule has 1 heterocycles. The monoisotopic (exact) mass is 479 g/mol. The number of sulfonamides is 2. The van der Waals surface area contributed by atoms with Crippen molar-refractivity contribution in [3.63, 3.8) is 0 Å². The van der Waals surface area contributed by atoms with Crippen LogP contribution in [0.15, 0.2) is 65.6 Å². The van der Waals surface area contributed by atoms with E-state index in [1.807, 2.05) is 6.07 Å². The van der Waals surface area contributed by atoms with E-state index in [1.54, 1.807) is 56.3 Å². The minimum atomic E-state index is -3.86. The minimum absolute atomic E-state index is 0.0900. The van der Waals surface area contributed by atoms with Crippen LogP contribution in [0.1, 0.15) is 19.4 Å². The molecule has 8 nitrogen and oxygen atoms in total. The van der Waals surface area contributed by atoms with Crippen LogP contribution in [0.3, 0.4) is 0 Å². The summed E-state index contributed by atoms with van der Waals surface area (Å²) < 4.78 is 54.9. The zero-order valence-electron chi connectivity index (χ0n) is 18.2. The molecule has 10 heteroatoms. The maximum absolute atomic E-state index is 13.1. The summed E-state index contributed by atoms with van der Waals surface area (Å²) in [6.07, 6.45) is 0. The van der Waals surface area contributed by atoms with Gasteiger partial charge in [0.1, 0.15) is 6.04 Å². The Labute approximate surface area is 190 Å². The third-order valence-corrected chi connectivity index (χ3v) is 8.71. The highest BCUT2D eigenvalue weighted by Gasteiger charge is 2.35. The number of rotatable bonds is 8. The maximum Gasteiger partial charge on any atom is 0.241 e. The van der Waals surface area contributed by atoms with Gasteiger partial charge in [0.05, 0.1) is 10.6 Å². The molecule has 0 aliphatic carbocycles. The largest absolute Gasteiger partial charge is 0.339 e. The van der Waals surface area contributed by atoms with Crippen LogP contribution in [-0.4, -0.2) is 64.2 Å². The van der Waals surface area contributed by atoms with Gasteiger partial charge in [-0.2, -0.15) is 9.03 Å². The summed E-state index contributed by atoms with van der Waals surface area (Å²) in [5.41, 5.74) is 0.709. The van der Waals surface area contributed by atoms with Crippen LogP contribution in [0.2, 0.25) is 0 Å². The Morgan fingerprint density at radius 2 is 1.41 bits per heavy atom. The van der Waals surface area contributed by atoms with Crippen LogP contribution in [-0.2, 0) is 30.6 Å². The molecule has 1 saturated heterocycles. The summed E-state index contributed by atoms with van der Waals surface area (Å²) in [4.78, 5) is 14.8. The highest BCUT2D eigenvalue weighted by molar-refractivity contribution is 7.89. The van der Waals surface area contributed by atoms with E-state index in [0.29, 0.717) is 5.56 Å². The lowest BCUT2D eigenvalue weighted by Gasteiger charge is -2.36. The van der Waals surface area contributed by atoms with E-state index < -0.39 is 26.1 Å². The second kappa shape index (κ2) is 10.1. The van der Waals surface area contributed by atoms with Gasteiger partial charge in [-0.3, -0.25) is 4.79 Å². The molecule has 1 amide bonds. The van der Waals surface area contributed by atoms with Crippen molar-refractivity contribution >= 4 is 26.0 Å². The minimum Gasteiger partial charge on any atom is -0.339 e. The molecule has 32 heavy (non-hydrogen) atoms. The summed E-state index contributed by atoms with van der Waals surface area (Å²) in [6.45, 7) is 4.33. The zero-order chi connectivity index (χ0) is 23.4. The first-order valence-corrected chi connectivity index (χ1v) is 13.6. The molecule has 0 saturated carbocycles. The van der Waals surface area contributed by atoms with Gasteiger partial charge in [0.25, 0.3) is 0 Å². The molecule has 0 aromatic heterocycles. The Kier molecular flexibility index (Phi) is 7.71. The molecule has 1 aliphatic heterocycles. The average Bonchev–Trinajstić information content (AvgIpc) is 2.78. The number of hydrogen-bond donors (Lipinski definition) is 1. The lowest BCUT2D eigenvalue weighted by atomic mass is 10.0. The van der Waals surface area contributed by atoms with Gasteiger partial charge in [-0.25, -0.2) is 16.8 Å². The number of carbonyl (C=O) groups excluding carboxylic acids is 1. The molecule has 1 fully saturated rings. The molecule has 2 aromatic rings. The first kappa shape index (κ1) is 24.4. The van der Waals surface area contributed by atoms with E-state index in [0.717, 1.165) is 0 Å². The average molecular weight is 480 g/mol. The van der Waals surface area contributed by atoms with E-state index in [4.69, 9.17) is 0 Å². The first-order valence-electron chi connectivity index (χ1n) is 10.5. The lowest BCUT2D eigenvalue weighted by Crippen LogP contribution is -2.57. The summed E-state index contributed by atoms with van der Waals surface area (Å²) in [7, 11) is -7.36. The fourth-order valence-electron chi connectivity index (χ4n) is 3.57. The summed E-state index contributed by atoms with van der Waals surface area (Å²) >= 11 is 0. The van der Waals surface area contributed by atoms with Gasteiger partial charge in [0.2, 0.25) is 26.0 Å². The topological polar surface area (TPSA) is 104 Å². The van der Waals surface area contributed by atoms with Gasteiger partial charge in [-0.1, -0.05) is 62.4 Å². The third-order valence-electron chi connectivity index (χ3n) is 5.40. The van der Waals surface area contributed by atoms with E-state index in [1.165, 1.54) is 21.3 Å². The van der Waals surface area contributed by atoms with Crippen LogP contribution in [0.25, 0.3) is 0 Å². The van der Waals surface area contributed by atoms with Crippen molar-refractivity contribution in [2.75, 3.05) is 26.2 Å². The lowest BCUT2D eigenvalue weighted by molar-refractivity contribution is -0.135. The van der Waals surface area contributed by atoms with Gasteiger partial charge in [0.15, 0.2) is 0 Å². The number of amides is 1. The SMILES string of the molecule is CC(C)[C@H](NS(=O)(=O)c1ccccc1)C(=O)N1CCN(S(=O)(=O)Cc2ccccc2)CC1. The van der Waals surface area contributed by atoms with Crippen molar-refractivity contribution in [2.45, 2.75) is 30.5 Å². The molecule has 0 radical (unpaired) electrons. The predicted molar refractivity (Wildman–Crippen MR) is 123 cm³/mol. The number of benzene rings is 2. The normalized spacial score (nSPS) is 16.8. The number of nitrogens with one attached hydrogen (secondary N) is 1. The second-order valence-electron chi connectivity index (χ2n) is 8.12. The Morgan fingerprint density at radius 1 is 0.875 bits per heavy atom. The van der Waals surface area contributed by atoms with E-state index >= 15 is 0 Å². The first-order chi connectivity index (χ1) is 15.1. The molecule has 1 N–H and O–H groups in total. The maximum atomic E-state index is 13.1. The van der Waals surface area contributed by atoms with Crippen molar-refractivity contribution in [2.24, 2.45) is 5.92 Å². The molecule has 3 rings (SSSR count). The second-order valence-corrected chi connectivity index (χ2v) is 11.8. The van der Waals surface area contributed by atoms with Crippen molar-refractivity contribution < 1.29 is 21.6 Å². The van der Waals surface area contributed by atoms with Crippen molar-refractivity contribution in [1.29, 1.82) is 0 Å². The summed E-state index contributed by atoms with van der Waals surface area (Å²) in [6, 6.07) is 15.9. The van der Waals surface area contributed by atoms with Crippen molar-refractivity contribution in [1.82, 2.24) is 13.9 Å². The van der Waals surface area contributed by atoms with Crippen molar-refractivity contribution in [3.8, 4) is 0 Å². The highest BCUT2D eigenvalue weighted by atomic mass is 32.2. The molecule has 0 spiro atoms. The molecule has 1 atom stereocenters. The number of hydrogen-bond acceptors (Lipinski definition) is 5. The van der Waals surface area contributed by atoms with Crippen molar-refractivity contribution in [3.05, 3.63) is 66.2 Å². The van der Waals surface area contributed by atoms with Crippen LogP contribution in [0.4, 0.5) is 0 Å².